The van der Waals surface area contributed by atoms with Gasteiger partial charge in [0, 0.05) is 27.8 Å². The van der Waals surface area contributed by atoms with Gasteiger partial charge < -0.3 is 10.1 Å². The molecule has 0 aliphatic rings. The number of rotatable bonds is 4. The molecule has 112 valence electrons. The normalized spacial score (nSPS) is 11.3. The molecule has 0 aliphatic carbocycles. The Kier molecular flexibility index (Phi) is 5.00. The summed E-state index contributed by atoms with van der Waals surface area (Å²) in [5.41, 5.74) is 1.41. The van der Waals surface area contributed by atoms with Gasteiger partial charge in [0.25, 0.3) is 0 Å². The average Bonchev–Trinajstić information content (AvgIpc) is 2.38. The highest BCUT2D eigenvalue weighted by Gasteiger charge is 2.31. The SMILES string of the molecule is FC(F)(F)Oc1cccc(NCc2cc(Cl)ccc2Br)c1. The van der Waals surface area contributed by atoms with Crippen LogP contribution in [0.5, 0.6) is 5.75 Å². The zero-order chi connectivity index (χ0) is 15.5. The molecule has 0 radical (unpaired) electrons. The van der Waals surface area contributed by atoms with E-state index in [1.54, 1.807) is 18.2 Å². The monoisotopic (exact) mass is 379 g/mol. The molecule has 0 aliphatic heterocycles. The van der Waals surface area contributed by atoms with Crippen LogP contribution in [0.2, 0.25) is 5.02 Å². The molecule has 0 saturated carbocycles. The van der Waals surface area contributed by atoms with E-state index in [2.05, 4.69) is 26.0 Å². The smallest absolute Gasteiger partial charge is 0.406 e. The van der Waals surface area contributed by atoms with Gasteiger partial charge in [-0.15, -0.1) is 13.2 Å². The van der Waals surface area contributed by atoms with Gasteiger partial charge in [-0.05, 0) is 35.9 Å². The van der Waals surface area contributed by atoms with Crippen LogP contribution in [-0.4, -0.2) is 6.36 Å². The lowest BCUT2D eigenvalue weighted by atomic mass is 10.2. The van der Waals surface area contributed by atoms with E-state index in [4.69, 9.17) is 11.6 Å². The maximum Gasteiger partial charge on any atom is 0.573 e. The molecule has 0 unspecified atom stereocenters. The molecule has 0 amide bonds. The standard InChI is InChI=1S/C14H10BrClF3NO/c15-13-5-4-10(16)6-9(13)8-20-11-2-1-3-12(7-11)21-14(17,18)19/h1-7,20H,8H2. The molecule has 0 aromatic heterocycles. The quantitative estimate of drug-likeness (QED) is 0.744. The highest BCUT2D eigenvalue weighted by Crippen LogP contribution is 2.26. The van der Waals surface area contributed by atoms with E-state index in [1.165, 1.54) is 18.2 Å². The number of hydrogen-bond acceptors (Lipinski definition) is 2. The number of hydrogen-bond donors (Lipinski definition) is 1. The number of ether oxygens (including phenoxy) is 1. The van der Waals surface area contributed by atoms with Gasteiger partial charge in [-0.2, -0.15) is 0 Å². The fourth-order valence-electron chi connectivity index (χ4n) is 1.68. The summed E-state index contributed by atoms with van der Waals surface area (Å²) in [5, 5.41) is 3.61. The summed E-state index contributed by atoms with van der Waals surface area (Å²) >= 11 is 9.29. The molecule has 0 fully saturated rings. The Balaban J connectivity index is 2.06. The van der Waals surface area contributed by atoms with Crippen LogP contribution in [-0.2, 0) is 6.54 Å². The van der Waals surface area contributed by atoms with Gasteiger partial charge in [-0.1, -0.05) is 33.6 Å². The summed E-state index contributed by atoms with van der Waals surface area (Å²) in [6.45, 7) is 0.413. The van der Waals surface area contributed by atoms with Gasteiger partial charge >= 0.3 is 6.36 Å². The zero-order valence-corrected chi connectivity index (χ0v) is 12.9. The van der Waals surface area contributed by atoms with Crippen molar-refractivity contribution in [2.75, 3.05) is 5.32 Å². The first kappa shape index (κ1) is 16.0. The summed E-state index contributed by atoms with van der Waals surface area (Å²) in [6, 6.07) is 11.0. The molecule has 2 rings (SSSR count). The lowest BCUT2D eigenvalue weighted by Crippen LogP contribution is -2.17. The average molecular weight is 381 g/mol. The van der Waals surface area contributed by atoms with Crippen LogP contribution in [0.4, 0.5) is 18.9 Å². The molecule has 2 aromatic rings. The van der Waals surface area contributed by atoms with Crippen molar-refractivity contribution in [2.24, 2.45) is 0 Å². The summed E-state index contributed by atoms with van der Waals surface area (Å²) in [5.74, 6) is -0.266. The third kappa shape index (κ3) is 5.13. The predicted molar refractivity (Wildman–Crippen MR) is 79.6 cm³/mol. The maximum atomic E-state index is 12.2. The largest absolute Gasteiger partial charge is 0.573 e. The molecule has 2 nitrogen and oxygen atoms in total. The number of alkyl halides is 3. The molecule has 0 atom stereocenters. The molecule has 2 aromatic carbocycles. The first-order valence-corrected chi connectivity index (χ1v) is 7.04. The van der Waals surface area contributed by atoms with Crippen LogP contribution in [0.1, 0.15) is 5.56 Å². The van der Waals surface area contributed by atoms with Gasteiger partial charge in [-0.25, -0.2) is 0 Å². The molecule has 21 heavy (non-hydrogen) atoms. The number of nitrogens with one attached hydrogen (secondary N) is 1. The first-order valence-electron chi connectivity index (χ1n) is 5.87. The van der Waals surface area contributed by atoms with E-state index < -0.39 is 6.36 Å². The van der Waals surface area contributed by atoms with E-state index in [0.717, 1.165) is 10.0 Å². The molecule has 1 N–H and O–H groups in total. The number of halogens is 5. The van der Waals surface area contributed by atoms with E-state index in [9.17, 15) is 13.2 Å². The highest BCUT2D eigenvalue weighted by molar-refractivity contribution is 9.10. The van der Waals surface area contributed by atoms with Gasteiger partial charge in [0.05, 0.1) is 0 Å². The van der Waals surface area contributed by atoms with Crippen molar-refractivity contribution < 1.29 is 17.9 Å². The lowest BCUT2D eigenvalue weighted by Gasteiger charge is -2.12. The van der Waals surface area contributed by atoms with Crippen molar-refractivity contribution in [3.63, 3.8) is 0 Å². The third-order valence-electron chi connectivity index (χ3n) is 2.56. The second-order valence-electron chi connectivity index (χ2n) is 4.16. The fourth-order valence-corrected chi connectivity index (χ4v) is 2.26. The number of anilines is 1. The maximum absolute atomic E-state index is 12.2. The van der Waals surface area contributed by atoms with Gasteiger partial charge in [0.1, 0.15) is 5.75 Å². The van der Waals surface area contributed by atoms with Crippen molar-refractivity contribution in [3.8, 4) is 5.75 Å². The van der Waals surface area contributed by atoms with Gasteiger partial charge in [-0.3, -0.25) is 0 Å². The van der Waals surface area contributed by atoms with Crippen molar-refractivity contribution in [2.45, 2.75) is 12.9 Å². The summed E-state index contributed by atoms with van der Waals surface area (Å²) in [6.07, 6.45) is -4.70. The van der Waals surface area contributed by atoms with Gasteiger partial charge in [0.15, 0.2) is 0 Å². The lowest BCUT2D eigenvalue weighted by molar-refractivity contribution is -0.274. The second-order valence-corrected chi connectivity index (χ2v) is 5.46. The Morgan fingerprint density at radius 3 is 2.62 bits per heavy atom. The van der Waals surface area contributed by atoms with E-state index in [-0.39, 0.29) is 5.75 Å². The molecule has 0 saturated heterocycles. The molecule has 0 spiro atoms. The summed E-state index contributed by atoms with van der Waals surface area (Å²) in [7, 11) is 0. The van der Waals surface area contributed by atoms with Crippen LogP contribution in [0.15, 0.2) is 46.9 Å². The minimum Gasteiger partial charge on any atom is -0.406 e. The summed E-state index contributed by atoms with van der Waals surface area (Å²) < 4.78 is 41.2. The molecule has 0 heterocycles. The van der Waals surface area contributed by atoms with Crippen LogP contribution < -0.4 is 10.1 Å². The Labute approximate surface area is 133 Å². The van der Waals surface area contributed by atoms with Crippen LogP contribution in [0, 0.1) is 0 Å². The Bertz CT molecular complexity index is 634. The zero-order valence-electron chi connectivity index (χ0n) is 10.5. The minimum absolute atomic E-state index is 0.266. The fraction of sp³-hybridized carbons (Fsp3) is 0.143. The second kappa shape index (κ2) is 6.58. The van der Waals surface area contributed by atoms with E-state index >= 15 is 0 Å². The van der Waals surface area contributed by atoms with Crippen molar-refractivity contribution in [1.82, 2.24) is 0 Å². The molecular formula is C14H10BrClF3NO. The first-order chi connectivity index (χ1) is 9.83. The highest BCUT2D eigenvalue weighted by atomic mass is 79.9. The Morgan fingerprint density at radius 2 is 1.90 bits per heavy atom. The Hall–Kier alpha value is -1.40. The third-order valence-corrected chi connectivity index (χ3v) is 3.57. The molecular weight excluding hydrogens is 371 g/mol. The van der Waals surface area contributed by atoms with Gasteiger partial charge in [0.2, 0.25) is 0 Å². The predicted octanol–water partition coefficient (Wildman–Crippen LogP) is 5.61. The molecule has 7 heteroatoms. The van der Waals surface area contributed by atoms with Crippen molar-refractivity contribution in [3.05, 3.63) is 57.5 Å². The topological polar surface area (TPSA) is 21.3 Å². The van der Waals surface area contributed by atoms with Crippen molar-refractivity contribution in [1.29, 1.82) is 0 Å². The summed E-state index contributed by atoms with van der Waals surface area (Å²) in [4.78, 5) is 0. The van der Waals surface area contributed by atoms with Crippen LogP contribution in [0.25, 0.3) is 0 Å². The van der Waals surface area contributed by atoms with E-state index in [1.807, 2.05) is 6.07 Å². The Morgan fingerprint density at radius 1 is 1.14 bits per heavy atom. The number of benzene rings is 2. The van der Waals surface area contributed by atoms with Crippen LogP contribution >= 0.6 is 27.5 Å². The van der Waals surface area contributed by atoms with E-state index in [0.29, 0.717) is 17.3 Å². The van der Waals surface area contributed by atoms with Crippen molar-refractivity contribution >= 4 is 33.2 Å². The molecule has 0 bridgehead atoms. The van der Waals surface area contributed by atoms with Crippen LogP contribution in [0.3, 0.4) is 0 Å². The minimum atomic E-state index is -4.70.